The Hall–Kier alpha value is -2.38. The van der Waals surface area contributed by atoms with Crippen LogP contribution in [0.4, 0.5) is 0 Å². The van der Waals surface area contributed by atoms with E-state index in [0.29, 0.717) is 38.6 Å². The van der Waals surface area contributed by atoms with Crippen LogP contribution in [0.2, 0.25) is 0 Å². The lowest BCUT2D eigenvalue weighted by molar-refractivity contribution is -0.125. The van der Waals surface area contributed by atoms with Crippen molar-refractivity contribution in [2.75, 3.05) is 7.11 Å². The summed E-state index contributed by atoms with van der Waals surface area (Å²) in [5.74, 6) is 1.08. The molecule has 1 aromatic heterocycles. The fourth-order valence-corrected chi connectivity index (χ4v) is 7.33. The quantitative estimate of drug-likeness (QED) is 0.448. The van der Waals surface area contributed by atoms with E-state index < -0.39 is 5.60 Å². The molecular formula is C29H40N2O4S. The second-order valence-corrected chi connectivity index (χ2v) is 12.7. The predicted molar refractivity (Wildman–Crippen MR) is 143 cm³/mol. The summed E-state index contributed by atoms with van der Waals surface area (Å²) in [5.41, 5.74) is 0.0755. The molecule has 0 bridgehead atoms. The number of carbonyl (C=O) groups excluding carboxylic acids is 2. The van der Waals surface area contributed by atoms with Gasteiger partial charge in [0.15, 0.2) is 0 Å². The lowest BCUT2D eigenvalue weighted by atomic mass is 9.57. The van der Waals surface area contributed by atoms with E-state index in [1.165, 1.54) is 0 Å². The van der Waals surface area contributed by atoms with Gasteiger partial charge >= 0.3 is 0 Å². The smallest absolute Gasteiger partial charge is 0.225 e. The number of amides is 2. The molecular weight excluding hydrogens is 472 g/mol. The summed E-state index contributed by atoms with van der Waals surface area (Å²) in [6.45, 7) is 6.91. The minimum Gasteiger partial charge on any atom is -0.497 e. The first-order valence-corrected chi connectivity index (χ1v) is 13.8. The average molecular weight is 513 g/mol. The zero-order valence-corrected chi connectivity index (χ0v) is 22.7. The Kier molecular flexibility index (Phi) is 7.81. The number of carbonyl (C=O) groups is 2. The monoisotopic (exact) mass is 512 g/mol. The maximum Gasteiger partial charge on any atom is 0.225 e. The van der Waals surface area contributed by atoms with Gasteiger partial charge in [0.25, 0.3) is 0 Å². The van der Waals surface area contributed by atoms with Gasteiger partial charge in [-0.2, -0.15) is 0 Å². The van der Waals surface area contributed by atoms with Crippen LogP contribution in [0.5, 0.6) is 5.75 Å². The highest BCUT2D eigenvalue weighted by Crippen LogP contribution is 2.63. The summed E-state index contributed by atoms with van der Waals surface area (Å²) in [6, 6.07) is 11.6. The molecule has 2 aromatic rings. The molecule has 4 rings (SSSR count). The zero-order chi connectivity index (χ0) is 26.0. The molecule has 0 aliphatic heterocycles. The molecule has 2 aliphatic carbocycles. The number of thiophene rings is 1. The first kappa shape index (κ1) is 26.7. The molecule has 7 heteroatoms. The number of fused-ring (bicyclic) bond motifs is 1. The average Bonchev–Trinajstić information content (AvgIpc) is 3.41. The molecule has 0 unspecified atom stereocenters. The summed E-state index contributed by atoms with van der Waals surface area (Å²) in [6.07, 6.45) is 4.55. The van der Waals surface area contributed by atoms with Crippen LogP contribution in [0.25, 0.3) is 0 Å². The Morgan fingerprint density at radius 3 is 2.50 bits per heavy atom. The number of benzene rings is 1. The van der Waals surface area contributed by atoms with Crippen molar-refractivity contribution >= 4 is 23.2 Å². The Bertz CT molecular complexity index is 1050. The second-order valence-electron chi connectivity index (χ2n) is 11.7. The van der Waals surface area contributed by atoms with Crippen LogP contribution in [-0.2, 0) is 22.6 Å². The van der Waals surface area contributed by atoms with E-state index >= 15 is 0 Å². The number of ether oxygens (including phenoxy) is 1. The van der Waals surface area contributed by atoms with Gasteiger partial charge in [-0.3, -0.25) is 9.59 Å². The Morgan fingerprint density at radius 2 is 1.83 bits per heavy atom. The van der Waals surface area contributed by atoms with Crippen molar-refractivity contribution in [3.8, 4) is 5.75 Å². The van der Waals surface area contributed by atoms with Crippen LogP contribution in [0.3, 0.4) is 0 Å². The van der Waals surface area contributed by atoms with E-state index in [0.717, 1.165) is 29.0 Å². The van der Waals surface area contributed by atoms with Gasteiger partial charge in [-0.1, -0.05) is 32.0 Å². The van der Waals surface area contributed by atoms with Crippen LogP contribution in [-0.4, -0.2) is 35.7 Å². The molecule has 0 spiro atoms. The first-order chi connectivity index (χ1) is 17.0. The molecule has 1 aromatic carbocycles. The third-order valence-electron chi connectivity index (χ3n) is 8.55. The van der Waals surface area contributed by atoms with Gasteiger partial charge in [0, 0.05) is 23.9 Å². The number of methoxy groups -OCH3 is 1. The van der Waals surface area contributed by atoms with E-state index in [9.17, 15) is 14.7 Å². The van der Waals surface area contributed by atoms with Crippen molar-refractivity contribution < 1.29 is 19.4 Å². The van der Waals surface area contributed by atoms with Crippen LogP contribution < -0.4 is 15.4 Å². The molecule has 1 heterocycles. The molecule has 4 atom stereocenters. The number of hydrogen-bond acceptors (Lipinski definition) is 5. The molecule has 2 aliphatic rings. The summed E-state index contributed by atoms with van der Waals surface area (Å²) < 4.78 is 5.20. The van der Waals surface area contributed by atoms with Crippen molar-refractivity contribution in [1.82, 2.24) is 10.6 Å². The summed E-state index contributed by atoms with van der Waals surface area (Å²) in [5, 5.41) is 19.4. The van der Waals surface area contributed by atoms with Gasteiger partial charge in [0.2, 0.25) is 11.8 Å². The number of hydrogen-bond donors (Lipinski definition) is 3. The van der Waals surface area contributed by atoms with Gasteiger partial charge in [0.1, 0.15) is 5.75 Å². The molecule has 2 saturated carbocycles. The van der Waals surface area contributed by atoms with Crippen molar-refractivity contribution in [2.45, 2.75) is 83.9 Å². The van der Waals surface area contributed by atoms with E-state index in [-0.39, 0.29) is 34.6 Å². The maximum atomic E-state index is 13.0. The van der Waals surface area contributed by atoms with Crippen molar-refractivity contribution in [1.29, 1.82) is 0 Å². The SMILES string of the molecule is COc1ccc(CNC(=O)CC[C@]23CC[C@](C)(O)C[C@H]2C(C)(C)C[C@@H]3NC(=O)Cc2cccs2)cc1. The standard InChI is InChI=1S/C29H40N2O4S/c1-27(2)18-24(31-26(33)16-22-6-5-15-36-22)29(14-13-28(3,34)17-23(27)29)12-11-25(32)30-19-20-7-9-21(35-4)10-8-20/h5-10,15,23-24,34H,11-14,16-19H2,1-4H3,(H,30,32)(H,31,33)/t23-,24-,28-,29-/m0/s1. The van der Waals surface area contributed by atoms with Gasteiger partial charge in [-0.25, -0.2) is 0 Å². The Labute approximate surface area is 218 Å². The molecule has 2 amide bonds. The molecule has 2 fully saturated rings. The molecule has 0 saturated heterocycles. The lowest BCUT2D eigenvalue weighted by Gasteiger charge is -2.50. The highest BCUT2D eigenvalue weighted by atomic mass is 32.1. The second kappa shape index (κ2) is 10.5. The zero-order valence-electron chi connectivity index (χ0n) is 21.9. The van der Waals surface area contributed by atoms with Crippen molar-refractivity contribution in [2.24, 2.45) is 16.7 Å². The molecule has 36 heavy (non-hydrogen) atoms. The van der Waals surface area contributed by atoms with E-state index in [1.807, 2.05) is 48.7 Å². The third-order valence-corrected chi connectivity index (χ3v) is 9.43. The highest BCUT2D eigenvalue weighted by molar-refractivity contribution is 7.10. The normalized spacial score (nSPS) is 28.8. The Morgan fingerprint density at radius 1 is 1.08 bits per heavy atom. The van der Waals surface area contributed by atoms with Crippen LogP contribution in [0.1, 0.15) is 69.7 Å². The van der Waals surface area contributed by atoms with Crippen LogP contribution in [0, 0.1) is 16.7 Å². The van der Waals surface area contributed by atoms with E-state index in [1.54, 1.807) is 18.4 Å². The summed E-state index contributed by atoms with van der Waals surface area (Å²) >= 11 is 1.60. The van der Waals surface area contributed by atoms with Gasteiger partial charge in [-0.15, -0.1) is 11.3 Å². The van der Waals surface area contributed by atoms with Crippen molar-refractivity contribution in [3.05, 3.63) is 52.2 Å². The molecule has 0 radical (unpaired) electrons. The van der Waals surface area contributed by atoms with E-state index in [2.05, 4.69) is 24.5 Å². The van der Waals surface area contributed by atoms with Crippen molar-refractivity contribution in [3.63, 3.8) is 0 Å². The van der Waals surface area contributed by atoms with Gasteiger partial charge < -0.3 is 20.5 Å². The Balaban J connectivity index is 1.45. The lowest BCUT2D eigenvalue weighted by Crippen LogP contribution is -2.53. The van der Waals surface area contributed by atoms with Gasteiger partial charge in [-0.05, 0) is 84.9 Å². The number of aliphatic hydroxyl groups is 1. The fourth-order valence-electron chi connectivity index (χ4n) is 6.63. The summed E-state index contributed by atoms with van der Waals surface area (Å²) in [7, 11) is 1.64. The molecule has 6 nitrogen and oxygen atoms in total. The fraction of sp³-hybridized carbons (Fsp3) is 0.586. The largest absolute Gasteiger partial charge is 0.497 e. The first-order valence-electron chi connectivity index (χ1n) is 13.0. The predicted octanol–water partition coefficient (Wildman–Crippen LogP) is 4.85. The summed E-state index contributed by atoms with van der Waals surface area (Å²) in [4.78, 5) is 27.0. The van der Waals surface area contributed by atoms with Gasteiger partial charge in [0.05, 0.1) is 19.1 Å². The maximum absolute atomic E-state index is 13.0. The molecule has 196 valence electrons. The van der Waals surface area contributed by atoms with E-state index in [4.69, 9.17) is 4.74 Å². The minimum absolute atomic E-state index is 0.00421. The minimum atomic E-state index is -0.710. The third kappa shape index (κ3) is 5.94. The molecule has 3 N–H and O–H groups in total. The number of rotatable bonds is 9. The highest BCUT2D eigenvalue weighted by Gasteiger charge is 2.61. The topological polar surface area (TPSA) is 87.7 Å². The van der Waals surface area contributed by atoms with Crippen LogP contribution in [0.15, 0.2) is 41.8 Å². The number of nitrogens with one attached hydrogen (secondary N) is 2. The van der Waals surface area contributed by atoms with Crippen LogP contribution >= 0.6 is 11.3 Å².